The highest BCUT2D eigenvalue weighted by atomic mass is 35.5. The average molecular weight is 565 g/mol. The van der Waals surface area contributed by atoms with Crippen molar-refractivity contribution < 1.29 is 13.2 Å². The zero-order valence-corrected chi connectivity index (χ0v) is 23.2. The summed E-state index contributed by atoms with van der Waals surface area (Å²) >= 11 is 12.6. The van der Waals surface area contributed by atoms with Crippen LogP contribution >= 0.6 is 23.2 Å². The van der Waals surface area contributed by atoms with Gasteiger partial charge < -0.3 is 14.8 Å². The highest BCUT2D eigenvalue weighted by Gasteiger charge is 2.40. The Hall–Kier alpha value is -2.30. The number of nitrogens with zero attached hydrogens (tertiary/aromatic N) is 4. The van der Waals surface area contributed by atoms with Crippen molar-refractivity contribution in [1.82, 2.24) is 24.0 Å². The number of aromatic nitrogens is 1. The van der Waals surface area contributed by atoms with E-state index >= 15 is 0 Å². The third kappa shape index (κ3) is 5.61. The van der Waals surface area contributed by atoms with Crippen LogP contribution in [0.5, 0.6) is 0 Å². The van der Waals surface area contributed by atoms with Crippen LogP contribution in [0.3, 0.4) is 0 Å². The van der Waals surface area contributed by atoms with E-state index in [4.69, 9.17) is 23.2 Å². The van der Waals surface area contributed by atoms with E-state index in [0.29, 0.717) is 49.3 Å². The number of sulfonamides is 1. The SMILES string of the molecule is CN(Cc1ccc2cc[nH]c2c1)[C@@H]1CN(C(=O)N2CCN(S(C)(=O)=O)CC2)C[C@@H]1c1ccc(Cl)c(Cl)c1. The predicted molar refractivity (Wildman–Crippen MR) is 148 cm³/mol. The molecule has 37 heavy (non-hydrogen) atoms. The molecule has 3 heterocycles. The first-order valence-corrected chi connectivity index (χ1v) is 14.9. The third-order valence-electron chi connectivity index (χ3n) is 7.53. The maximum atomic E-state index is 13.5. The van der Waals surface area contributed by atoms with Crippen LogP contribution < -0.4 is 0 Å². The van der Waals surface area contributed by atoms with Gasteiger partial charge in [0.1, 0.15) is 0 Å². The van der Waals surface area contributed by atoms with Gasteiger partial charge in [0.25, 0.3) is 0 Å². The van der Waals surface area contributed by atoms with Crippen molar-refractivity contribution in [2.45, 2.75) is 18.5 Å². The summed E-state index contributed by atoms with van der Waals surface area (Å²) in [6.45, 7) is 3.25. The smallest absolute Gasteiger partial charge is 0.320 e. The topological polar surface area (TPSA) is 80.0 Å². The molecule has 5 rings (SSSR count). The number of nitrogens with one attached hydrogen (secondary N) is 1. The van der Waals surface area contributed by atoms with Gasteiger partial charge in [0, 0.05) is 69.5 Å². The first-order chi connectivity index (χ1) is 17.6. The van der Waals surface area contributed by atoms with Crippen LogP contribution in [0.2, 0.25) is 10.0 Å². The molecule has 2 saturated heterocycles. The van der Waals surface area contributed by atoms with Crippen molar-refractivity contribution in [3.63, 3.8) is 0 Å². The number of hydrogen-bond donors (Lipinski definition) is 1. The minimum absolute atomic E-state index is 0.0512. The van der Waals surface area contributed by atoms with Gasteiger partial charge in [-0.1, -0.05) is 41.4 Å². The third-order valence-corrected chi connectivity index (χ3v) is 9.57. The molecule has 11 heteroatoms. The Labute approximate surface area is 227 Å². The molecule has 0 saturated carbocycles. The molecule has 1 aromatic heterocycles. The second-order valence-electron chi connectivity index (χ2n) is 10.00. The first-order valence-electron chi connectivity index (χ1n) is 12.3. The van der Waals surface area contributed by atoms with Gasteiger partial charge in [-0.3, -0.25) is 4.90 Å². The highest BCUT2D eigenvalue weighted by Crippen LogP contribution is 2.35. The number of likely N-dealkylation sites (tertiary alicyclic amines) is 1. The molecule has 8 nitrogen and oxygen atoms in total. The summed E-state index contributed by atoms with van der Waals surface area (Å²) in [5, 5.41) is 2.18. The molecule has 2 atom stereocenters. The molecule has 2 aromatic carbocycles. The molecule has 0 unspecified atom stereocenters. The minimum atomic E-state index is -3.26. The molecule has 0 spiro atoms. The van der Waals surface area contributed by atoms with Crippen LogP contribution in [-0.4, -0.2) is 97.1 Å². The number of rotatable bonds is 5. The molecule has 2 aliphatic rings. The number of fused-ring (bicyclic) bond motifs is 1. The van der Waals surface area contributed by atoms with Crippen molar-refractivity contribution in [1.29, 1.82) is 0 Å². The molecule has 0 aliphatic carbocycles. The molecule has 198 valence electrons. The maximum Gasteiger partial charge on any atom is 0.320 e. The summed E-state index contributed by atoms with van der Waals surface area (Å²) in [7, 11) is -1.17. The van der Waals surface area contributed by atoms with Crippen LogP contribution in [0, 0.1) is 0 Å². The number of aromatic amines is 1. The molecule has 3 aromatic rings. The Morgan fingerprint density at radius 1 is 1.00 bits per heavy atom. The van der Waals surface area contributed by atoms with E-state index in [1.165, 1.54) is 21.5 Å². The summed E-state index contributed by atoms with van der Waals surface area (Å²) in [5.74, 6) is 0.0512. The Morgan fingerprint density at radius 2 is 1.76 bits per heavy atom. The summed E-state index contributed by atoms with van der Waals surface area (Å²) < 4.78 is 25.2. The molecule has 0 radical (unpaired) electrons. The molecular weight excluding hydrogens is 533 g/mol. The van der Waals surface area contributed by atoms with Crippen molar-refractivity contribution in [2.75, 3.05) is 52.6 Å². The molecule has 0 bridgehead atoms. The quantitative estimate of drug-likeness (QED) is 0.507. The predicted octanol–water partition coefficient (Wildman–Crippen LogP) is 4.07. The van der Waals surface area contributed by atoms with Gasteiger partial charge in [0.15, 0.2) is 0 Å². The zero-order valence-electron chi connectivity index (χ0n) is 20.9. The van der Waals surface area contributed by atoms with Gasteiger partial charge in [0.05, 0.1) is 16.3 Å². The van der Waals surface area contributed by atoms with E-state index in [1.54, 1.807) is 4.90 Å². The van der Waals surface area contributed by atoms with Crippen molar-refractivity contribution in [3.8, 4) is 0 Å². The van der Waals surface area contributed by atoms with Crippen LogP contribution in [0.25, 0.3) is 10.9 Å². The fourth-order valence-electron chi connectivity index (χ4n) is 5.47. The van der Waals surface area contributed by atoms with E-state index in [9.17, 15) is 13.2 Å². The Kier molecular flexibility index (Phi) is 7.44. The Morgan fingerprint density at radius 3 is 2.46 bits per heavy atom. The molecule has 1 N–H and O–H groups in total. The molecule has 2 aliphatic heterocycles. The molecular formula is C26H31Cl2N5O3S. The largest absolute Gasteiger partial charge is 0.361 e. The van der Waals surface area contributed by atoms with E-state index in [-0.39, 0.29) is 18.0 Å². The van der Waals surface area contributed by atoms with E-state index < -0.39 is 10.0 Å². The lowest BCUT2D eigenvalue weighted by Gasteiger charge is -2.35. The monoisotopic (exact) mass is 563 g/mol. The summed E-state index contributed by atoms with van der Waals surface area (Å²) in [6.07, 6.45) is 3.15. The first kappa shape index (κ1) is 26.3. The summed E-state index contributed by atoms with van der Waals surface area (Å²) in [6, 6.07) is 14.2. The number of urea groups is 1. The van der Waals surface area contributed by atoms with Crippen LogP contribution in [0.4, 0.5) is 4.79 Å². The van der Waals surface area contributed by atoms with Crippen LogP contribution in [0.15, 0.2) is 48.7 Å². The Balaban J connectivity index is 1.35. The van der Waals surface area contributed by atoms with Crippen molar-refractivity contribution >= 4 is 50.2 Å². The van der Waals surface area contributed by atoms with Gasteiger partial charge in [-0.05, 0) is 47.8 Å². The highest BCUT2D eigenvalue weighted by molar-refractivity contribution is 7.88. The molecule has 2 fully saturated rings. The fraction of sp³-hybridized carbons (Fsp3) is 0.423. The van der Waals surface area contributed by atoms with Gasteiger partial charge in [0.2, 0.25) is 10.0 Å². The van der Waals surface area contributed by atoms with E-state index in [1.807, 2.05) is 29.3 Å². The zero-order chi connectivity index (χ0) is 26.3. The van der Waals surface area contributed by atoms with Crippen LogP contribution in [-0.2, 0) is 16.6 Å². The summed E-state index contributed by atoms with van der Waals surface area (Å²) in [4.78, 5) is 22.7. The molecule has 2 amide bonds. The van der Waals surface area contributed by atoms with Crippen molar-refractivity contribution in [3.05, 3.63) is 69.8 Å². The number of benzene rings is 2. The second kappa shape index (κ2) is 10.5. The Bertz CT molecular complexity index is 1400. The lowest BCUT2D eigenvalue weighted by molar-refractivity contribution is 0.138. The number of carbonyl (C=O) groups is 1. The van der Waals surface area contributed by atoms with Crippen LogP contribution in [0.1, 0.15) is 17.0 Å². The number of likely N-dealkylation sites (N-methyl/N-ethyl adjacent to an activating group) is 1. The number of piperazine rings is 1. The minimum Gasteiger partial charge on any atom is -0.361 e. The van der Waals surface area contributed by atoms with Gasteiger partial charge in [-0.15, -0.1) is 0 Å². The fourth-order valence-corrected chi connectivity index (χ4v) is 6.60. The second-order valence-corrected chi connectivity index (χ2v) is 12.8. The van der Waals surface area contributed by atoms with Crippen molar-refractivity contribution in [2.24, 2.45) is 0 Å². The number of carbonyl (C=O) groups excluding carboxylic acids is 1. The average Bonchev–Trinajstić information content (AvgIpc) is 3.52. The number of hydrogen-bond acceptors (Lipinski definition) is 4. The van der Waals surface area contributed by atoms with Gasteiger partial charge >= 0.3 is 6.03 Å². The number of amides is 2. The normalized spacial score (nSPS) is 21.3. The summed E-state index contributed by atoms with van der Waals surface area (Å²) in [5.41, 5.74) is 3.33. The van der Waals surface area contributed by atoms with E-state index in [2.05, 4.69) is 41.2 Å². The number of H-pyrrole nitrogens is 1. The maximum absolute atomic E-state index is 13.5. The number of halogens is 2. The standard InChI is InChI=1S/C26H31Cl2N5O3S/c1-30(15-18-3-4-19-7-8-29-24(19)13-18)25-17-32(16-21(25)20-5-6-22(27)23(28)14-20)26(34)31-9-11-33(12-10-31)37(2,35)36/h3-8,13-14,21,25,29H,9-12,15-17H2,1-2H3/t21-,25-/m1/s1. The van der Waals surface area contributed by atoms with Gasteiger partial charge in [-0.25, -0.2) is 13.2 Å². The van der Waals surface area contributed by atoms with Gasteiger partial charge in [-0.2, -0.15) is 4.31 Å². The lowest BCUT2D eigenvalue weighted by Crippen LogP contribution is -2.53. The lowest BCUT2D eigenvalue weighted by atomic mass is 9.93. The van der Waals surface area contributed by atoms with E-state index in [0.717, 1.165) is 17.6 Å².